The first-order chi connectivity index (χ1) is 13.9. The molecule has 0 aromatic heterocycles. The average molecular weight is 466 g/mol. The predicted molar refractivity (Wildman–Crippen MR) is 113 cm³/mol. The SMILES string of the molecule is N#Cc1ccc(CN(Cc2ccc(C#N)cc2)S(=O)(=O)c2ccc(Br)cc2)cc1. The van der Waals surface area contributed by atoms with Crippen molar-refractivity contribution in [3.8, 4) is 12.1 Å². The van der Waals surface area contributed by atoms with Gasteiger partial charge in [-0.3, -0.25) is 0 Å². The zero-order chi connectivity index (χ0) is 20.9. The first-order valence-electron chi connectivity index (χ1n) is 8.66. The van der Waals surface area contributed by atoms with Gasteiger partial charge in [0.1, 0.15) is 0 Å². The van der Waals surface area contributed by atoms with Gasteiger partial charge in [0.25, 0.3) is 0 Å². The molecule has 0 bridgehead atoms. The van der Waals surface area contributed by atoms with Gasteiger partial charge in [0, 0.05) is 17.6 Å². The summed E-state index contributed by atoms with van der Waals surface area (Å²) >= 11 is 3.32. The summed E-state index contributed by atoms with van der Waals surface area (Å²) in [5.41, 5.74) is 2.59. The highest BCUT2D eigenvalue weighted by Crippen LogP contribution is 2.23. The molecular weight excluding hydrogens is 450 g/mol. The number of nitriles is 2. The van der Waals surface area contributed by atoms with Crippen molar-refractivity contribution in [1.29, 1.82) is 10.5 Å². The lowest BCUT2D eigenvalue weighted by Crippen LogP contribution is -2.30. The van der Waals surface area contributed by atoms with Gasteiger partial charge in [0.2, 0.25) is 10.0 Å². The molecule has 0 N–H and O–H groups in total. The Morgan fingerprint density at radius 1 is 0.724 bits per heavy atom. The normalized spacial score (nSPS) is 11.0. The van der Waals surface area contributed by atoms with E-state index in [4.69, 9.17) is 10.5 Å². The average Bonchev–Trinajstić information content (AvgIpc) is 2.74. The lowest BCUT2D eigenvalue weighted by molar-refractivity contribution is 0.401. The third kappa shape index (κ3) is 5.10. The van der Waals surface area contributed by atoms with Crippen LogP contribution in [0.3, 0.4) is 0 Å². The van der Waals surface area contributed by atoms with Crippen LogP contribution in [0.15, 0.2) is 82.2 Å². The highest BCUT2D eigenvalue weighted by atomic mass is 79.9. The topological polar surface area (TPSA) is 85.0 Å². The zero-order valence-electron chi connectivity index (χ0n) is 15.3. The van der Waals surface area contributed by atoms with Gasteiger partial charge >= 0.3 is 0 Å². The van der Waals surface area contributed by atoms with Crippen LogP contribution < -0.4 is 0 Å². The van der Waals surface area contributed by atoms with E-state index in [1.807, 2.05) is 0 Å². The number of benzene rings is 3. The van der Waals surface area contributed by atoms with Gasteiger partial charge in [0.15, 0.2) is 0 Å². The molecule has 3 aromatic carbocycles. The second kappa shape index (κ2) is 9.02. The summed E-state index contributed by atoms with van der Waals surface area (Å²) in [6.07, 6.45) is 0. The molecule has 0 aliphatic carbocycles. The number of halogens is 1. The van der Waals surface area contributed by atoms with E-state index in [1.165, 1.54) is 4.31 Å². The van der Waals surface area contributed by atoms with Crippen LogP contribution in [0, 0.1) is 22.7 Å². The molecule has 0 fully saturated rings. The molecule has 144 valence electrons. The zero-order valence-corrected chi connectivity index (χ0v) is 17.7. The van der Waals surface area contributed by atoms with Gasteiger partial charge in [-0.1, -0.05) is 40.2 Å². The lowest BCUT2D eigenvalue weighted by atomic mass is 10.1. The fourth-order valence-electron chi connectivity index (χ4n) is 2.76. The van der Waals surface area contributed by atoms with Crippen LogP contribution in [0.1, 0.15) is 22.3 Å². The Labute approximate surface area is 178 Å². The summed E-state index contributed by atoms with van der Waals surface area (Å²) in [6, 6.07) is 24.3. The molecular formula is C22H16BrN3O2S. The van der Waals surface area contributed by atoms with Crippen LogP contribution in [-0.2, 0) is 23.1 Å². The highest BCUT2D eigenvalue weighted by Gasteiger charge is 2.25. The van der Waals surface area contributed by atoms with E-state index >= 15 is 0 Å². The summed E-state index contributed by atoms with van der Waals surface area (Å²) in [4.78, 5) is 0.197. The third-order valence-corrected chi connectivity index (χ3v) is 6.67. The number of rotatable bonds is 6. The molecule has 5 nitrogen and oxygen atoms in total. The van der Waals surface area contributed by atoms with Crippen molar-refractivity contribution >= 4 is 26.0 Å². The van der Waals surface area contributed by atoms with Gasteiger partial charge in [0.05, 0.1) is 28.2 Å². The molecule has 0 aliphatic rings. The van der Waals surface area contributed by atoms with Gasteiger partial charge in [-0.2, -0.15) is 14.8 Å². The second-order valence-corrected chi connectivity index (χ2v) is 9.20. The molecule has 0 atom stereocenters. The molecule has 29 heavy (non-hydrogen) atoms. The summed E-state index contributed by atoms with van der Waals surface area (Å²) < 4.78 is 28.8. The highest BCUT2D eigenvalue weighted by molar-refractivity contribution is 9.10. The summed E-state index contributed by atoms with van der Waals surface area (Å²) in [6.45, 7) is 0.314. The van der Waals surface area contributed by atoms with Crippen LogP contribution >= 0.6 is 15.9 Å². The minimum Gasteiger partial charge on any atom is -0.207 e. The molecule has 0 spiro atoms. The van der Waals surface area contributed by atoms with Crippen LogP contribution in [0.2, 0.25) is 0 Å². The van der Waals surface area contributed by atoms with Crippen LogP contribution in [0.5, 0.6) is 0 Å². The van der Waals surface area contributed by atoms with Crippen molar-refractivity contribution < 1.29 is 8.42 Å². The van der Waals surface area contributed by atoms with Gasteiger partial charge in [-0.05, 0) is 59.7 Å². The van der Waals surface area contributed by atoms with Crippen molar-refractivity contribution in [2.24, 2.45) is 0 Å². The minimum absolute atomic E-state index is 0.157. The maximum Gasteiger partial charge on any atom is 0.243 e. The second-order valence-electron chi connectivity index (χ2n) is 6.34. The van der Waals surface area contributed by atoms with Crippen molar-refractivity contribution in [2.45, 2.75) is 18.0 Å². The Kier molecular flexibility index (Phi) is 6.46. The Hall–Kier alpha value is -2.97. The van der Waals surface area contributed by atoms with Crippen LogP contribution in [0.4, 0.5) is 0 Å². The van der Waals surface area contributed by atoms with E-state index in [1.54, 1.807) is 72.8 Å². The Morgan fingerprint density at radius 3 is 1.52 bits per heavy atom. The molecule has 0 radical (unpaired) electrons. The maximum absolute atomic E-state index is 13.3. The Balaban J connectivity index is 1.96. The molecule has 7 heteroatoms. The first kappa shape index (κ1) is 20.8. The Bertz CT molecular complexity index is 1120. The Morgan fingerprint density at radius 2 is 1.14 bits per heavy atom. The van der Waals surface area contributed by atoms with Gasteiger partial charge in [-0.15, -0.1) is 0 Å². The summed E-state index contributed by atoms with van der Waals surface area (Å²) in [5, 5.41) is 17.9. The van der Waals surface area contributed by atoms with Gasteiger partial charge < -0.3 is 0 Å². The molecule has 0 saturated carbocycles. The molecule has 0 heterocycles. The third-order valence-electron chi connectivity index (χ3n) is 4.34. The lowest BCUT2D eigenvalue weighted by Gasteiger charge is -2.23. The van der Waals surface area contributed by atoms with E-state index < -0.39 is 10.0 Å². The molecule has 0 saturated heterocycles. The summed E-state index contributed by atoms with van der Waals surface area (Å²) in [5.74, 6) is 0. The maximum atomic E-state index is 13.3. The molecule has 0 aliphatic heterocycles. The quantitative estimate of drug-likeness (QED) is 0.532. The van der Waals surface area contributed by atoms with E-state index in [9.17, 15) is 8.42 Å². The smallest absolute Gasteiger partial charge is 0.207 e. The van der Waals surface area contributed by atoms with E-state index in [0.717, 1.165) is 15.6 Å². The van der Waals surface area contributed by atoms with Crippen molar-refractivity contribution in [2.75, 3.05) is 0 Å². The molecule has 3 aromatic rings. The van der Waals surface area contributed by atoms with Crippen molar-refractivity contribution in [3.05, 3.63) is 99.5 Å². The molecule has 0 amide bonds. The van der Waals surface area contributed by atoms with E-state index in [0.29, 0.717) is 11.1 Å². The number of hydrogen-bond acceptors (Lipinski definition) is 4. The van der Waals surface area contributed by atoms with Crippen molar-refractivity contribution in [3.63, 3.8) is 0 Å². The predicted octanol–water partition coefficient (Wildman–Crippen LogP) is 4.58. The largest absolute Gasteiger partial charge is 0.243 e. The van der Waals surface area contributed by atoms with Crippen molar-refractivity contribution in [1.82, 2.24) is 4.31 Å². The molecule has 0 unspecified atom stereocenters. The number of hydrogen-bond donors (Lipinski definition) is 0. The van der Waals surface area contributed by atoms with E-state index in [2.05, 4.69) is 28.1 Å². The number of nitrogens with zero attached hydrogens (tertiary/aromatic N) is 3. The van der Waals surface area contributed by atoms with Gasteiger partial charge in [-0.25, -0.2) is 8.42 Å². The first-order valence-corrected chi connectivity index (χ1v) is 10.9. The monoisotopic (exact) mass is 465 g/mol. The minimum atomic E-state index is -3.76. The number of sulfonamides is 1. The fraction of sp³-hybridized carbons (Fsp3) is 0.0909. The molecule has 3 rings (SSSR count). The van der Waals surface area contributed by atoms with Crippen LogP contribution in [0.25, 0.3) is 0 Å². The van der Waals surface area contributed by atoms with Crippen LogP contribution in [-0.4, -0.2) is 12.7 Å². The fourth-order valence-corrected chi connectivity index (χ4v) is 4.44. The van der Waals surface area contributed by atoms with E-state index in [-0.39, 0.29) is 18.0 Å². The summed E-state index contributed by atoms with van der Waals surface area (Å²) in [7, 11) is -3.76. The standard InChI is InChI=1S/C22H16BrN3O2S/c23-21-9-11-22(12-10-21)29(27,28)26(15-19-5-1-17(13-24)2-6-19)16-20-7-3-18(14-25)4-8-20/h1-12H,15-16H2.